The molecule has 0 aliphatic carbocycles. The summed E-state index contributed by atoms with van der Waals surface area (Å²) in [7, 11) is 2.88. The number of ether oxygens (including phenoxy) is 3. The summed E-state index contributed by atoms with van der Waals surface area (Å²) in [6.45, 7) is 0.203. The van der Waals surface area contributed by atoms with Crippen LogP contribution < -0.4 is 9.47 Å². The van der Waals surface area contributed by atoms with Gasteiger partial charge in [0, 0.05) is 11.6 Å². The highest BCUT2D eigenvalue weighted by Crippen LogP contribution is 2.39. The van der Waals surface area contributed by atoms with Crippen molar-refractivity contribution in [1.82, 2.24) is 0 Å². The molecule has 2 aromatic rings. The van der Waals surface area contributed by atoms with Crippen LogP contribution in [0.25, 0.3) is 6.08 Å². The number of methoxy groups -OCH3 is 2. The minimum Gasteiger partial charge on any atom is -0.502 e. The lowest BCUT2D eigenvalue weighted by molar-refractivity contribution is -0.138. The molecule has 2 rings (SSSR count). The second-order valence-corrected chi connectivity index (χ2v) is 4.67. The first-order chi connectivity index (χ1) is 11.2. The van der Waals surface area contributed by atoms with Gasteiger partial charge in [0.25, 0.3) is 0 Å². The predicted molar refractivity (Wildman–Crippen MR) is 86.5 cm³/mol. The van der Waals surface area contributed by atoms with Crippen LogP contribution >= 0.6 is 0 Å². The molecule has 5 nitrogen and oxygen atoms in total. The Balaban J connectivity index is 2.04. The maximum Gasteiger partial charge on any atom is 0.331 e. The molecule has 0 fully saturated rings. The van der Waals surface area contributed by atoms with Crippen LogP contribution in [0.2, 0.25) is 0 Å². The van der Waals surface area contributed by atoms with Gasteiger partial charge in [0.2, 0.25) is 5.75 Å². The van der Waals surface area contributed by atoms with Crippen molar-refractivity contribution >= 4 is 12.0 Å². The number of hydrogen-bond donors (Lipinski definition) is 1. The van der Waals surface area contributed by atoms with E-state index in [2.05, 4.69) is 0 Å². The Bertz CT molecular complexity index is 692. The number of phenolic OH excluding ortho intramolecular Hbond substituents is 1. The first-order valence-electron chi connectivity index (χ1n) is 6.98. The molecule has 23 heavy (non-hydrogen) atoms. The van der Waals surface area contributed by atoms with Crippen LogP contribution in [0.15, 0.2) is 48.5 Å². The van der Waals surface area contributed by atoms with Gasteiger partial charge in [0.15, 0.2) is 11.5 Å². The van der Waals surface area contributed by atoms with E-state index >= 15 is 0 Å². The van der Waals surface area contributed by atoms with E-state index in [-0.39, 0.29) is 18.1 Å². The third-order valence-corrected chi connectivity index (χ3v) is 3.17. The van der Waals surface area contributed by atoms with Gasteiger partial charge in [-0.15, -0.1) is 0 Å². The lowest BCUT2D eigenvalue weighted by Crippen LogP contribution is -2.00. The molecule has 0 radical (unpaired) electrons. The summed E-state index contributed by atoms with van der Waals surface area (Å²) in [4.78, 5) is 11.8. The highest BCUT2D eigenvalue weighted by atomic mass is 16.5. The minimum absolute atomic E-state index is 0.116. The van der Waals surface area contributed by atoms with Gasteiger partial charge in [0.05, 0.1) is 14.2 Å². The maximum absolute atomic E-state index is 11.8. The number of phenols is 1. The monoisotopic (exact) mass is 314 g/mol. The summed E-state index contributed by atoms with van der Waals surface area (Å²) in [6.07, 6.45) is 2.80. The maximum atomic E-state index is 11.8. The number of aromatic hydroxyl groups is 1. The van der Waals surface area contributed by atoms with Crippen molar-refractivity contribution in [2.45, 2.75) is 6.61 Å². The zero-order chi connectivity index (χ0) is 16.7. The molecule has 0 aromatic heterocycles. The average Bonchev–Trinajstić information content (AvgIpc) is 2.59. The van der Waals surface area contributed by atoms with E-state index < -0.39 is 5.97 Å². The number of rotatable bonds is 6. The second kappa shape index (κ2) is 7.89. The Morgan fingerprint density at radius 1 is 1.09 bits per heavy atom. The van der Waals surface area contributed by atoms with Gasteiger partial charge in [-0.3, -0.25) is 0 Å². The zero-order valence-corrected chi connectivity index (χ0v) is 13.0. The van der Waals surface area contributed by atoms with Crippen LogP contribution in [-0.2, 0) is 16.1 Å². The van der Waals surface area contributed by atoms with Crippen LogP contribution in [-0.4, -0.2) is 25.3 Å². The highest BCUT2D eigenvalue weighted by molar-refractivity contribution is 5.88. The van der Waals surface area contributed by atoms with Crippen LogP contribution in [0.4, 0.5) is 0 Å². The van der Waals surface area contributed by atoms with Gasteiger partial charge in [-0.1, -0.05) is 30.3 Å². The predicted octanol–water partition coefficient (Wildman–Crippen LogP) is 3.17. The van der Waals surface area contributed by atoms with E-state index in [1.54, 1.807) is 12.1 Å². The largest absolute Gasteiger partial charge is 0.502 e. The number of esters is 1. The number of carbonyl (C=O) groups excluding carboxylic acids is 1. The molecular formula is C18H18O5. The molecule has 0 amide bonds. The Morgan fingerprint density at radius 3 is 2.48 bits per heavy atom. The van der Waals surface area contributed by atoms with Crippen molar-refractivity contribution in [3.8, 4) is 17.2 Å². The van der Waals surface area contributed by atoms with Crippen LogP contribution in [0, 0.1) is 0 Å². The van der Waals surface area contributed by atoms with Crippen LogP contribution in [0.5, 0.6) is 17.2 Å². The Hall–Kier alpha value is -2.95. The van der Waals surface area contributed by atoms with Crippen molar-refractivity contribution in [3.63, 3.8) is 0 Å². The second-order valence-electron chi connectivity index (χ2n) is 4.67. The third kappa shape index (κ3) is 4.26. The molecule has 0 unspecified atom stereocenters. The topological polar surface area (TPSA) is 65.0 Å². The first kappa shape index (κ1) is 16.4. The molecule has 0 atom stereocenters. The van der Waals surface area contributed by atoms with Crippen molar-refractivity contribution in [2.75, 3.05) is 14.2 Å². The number of hydrogen-bond acceptors (Lipinski definition) is 5. The first-order valence-corrected chi connectivity index (χ1v) is 6.98. The standard InChI is InChI=1S/C18H18O5/c1-21-15-10-8-14(18(22-2)17(15)20)9-11-16(19)23-12-13-6-4-3-5-7-13/h3-11,20H,12H2,1-2H3/b11-9+. The molecule has 0 aliphatic heterocycles. The van der Waals surface area contributed by atoms with Gasteiger partial charge in [-0.05, 0) is 23.8 Å². The fraction of sp³-hybridized carbons (Fsp3) is 0.167. The highest BCUT2D eigenvalue weighted by Gasteiger charge is 2.12. The zero-order valence-electron chi connectivity index (χ0n) is 13.0. The van der Waals surface area contributed by atoms with Crippen molar-refractivity contribution < 1.29 is 24.1 Å². The van der Waals surface area contributed by atoms with E-state index in [0.29, 0.717) is 11.3 Å². The molecule has 0 bridgehead atoms. The quantitative estimate of drug-likeness (QED) is 0.655. The van der Waals surface area contributed by atoms with E-state index in [1.165, 1.54) is 26.4 Å². The van der Waals surface area contributed by atoms with Crippen LogP contribution in [0.3, 0.4) is 0 Å². The van der Waals surface area contributed by atoms with Gasteiger partial charge in [0.1, 0.15) is 6.61 Å². The van der Waals surface area contributed by atoms with Crippen molar-refractivity contribution in [3.05, 3.63) is 59.7 Å². The summed E-state index contributed by atoms with van der Waals surface area (Å²) in [5, 5.41) is 9.99. The minimum atomic E-state index is -0.480. The van der Waals surface area contributed by atoms with E-state index in [0.717, 1.165) is 5.56 Å². The molecule has 0 aliphatic rings. The van der Waals surface area contributed by atoms with Crippen molar-refractivity contribution in [1.29, 1.82) is 0 Å². The Kier molecular flexibility index (Phi) is 5.63. The molecule has 120 valence electrons. The lowest BCUT2D eigenvalue weighted by Gasteiger charge is -2.10. The average molecular weight is 314 g/mol. The summed E-state index contributed by atoms with van der Waals surface area (Å²) in [5.74, 6) is -0.0665. The van der Waals surface area contributed by atoms with Crippen molar-refractivity contribution in [2.24, 2.45) is 0 Å². The third-order valence-electron chi connectivity index (χ3n) is 3.17. The normalized spacial score (nSPS) is 10.5. The summed E-state index contributed by atoms with van der Waals surface area (Å²) < 4.78 is 15.3. The fourth-order valence-electron chi connectivity index (χ4n) is 2.01. The van der Waals surface area contributed by atoms with E-state index in [9.17, 15) is 9.90 Å². The molecule has 0 saturated heterocycles. The molecular weight excluding hydrogens is 296 g/mol. The summed E-state index contributed by atoms with van der Waals surface area (Å²) >= 11 is 0. The van der Waals surface area contributed by atoms with E-state index in [1.807, 2.05) is 30.3 Å². The van der Waals surface area contributed by atoms with Gasteiger partial charge < -0.3 is 19.3 Å². The number of carbonyl (C=O) groups is 1. The molecule has 0 saturated carbocycles. The van der Waals surface area contributed by atoms with Gasteiger partial charge in [-0.2, -0.15) is 0 Å². The lowest BCUT2D eigenvalue weighted by atomic mass is 10.1. The summed E-state index contributed by atoms with van der Waals surface area (Å²) in [5.41, 5.74) is 1.45. The SMILES string of the molecule is COc1ccc(/C=C/C(=O)OCc2ccccc2)c(OC)c1O. The molecule has 2 aromatic carbocycles. The smallest absolute Gasteiger partial charge is 0.331 e. The van der Waals surface area contributed by atoms with Gasteiger partial charge >= 0.3 is 5.97 Å². The van der Waals surface area contributed by atoms with Gasteiger partial charge in [-0.25, -0.2) is 4.79 Å². The molecule has 1 N–H and O–H groups in total. The number of benzene rings is 2. The summed E-state index contributed by atoms with van der Waals surface area (Å²) in [6, 6.07) is 12.7. The molecule has 0 heterocycles. The van der Waals surface area contributed by atoms with Crippen LogP contribution in [0.1, 0.15) is 11.1 Å². The Labute approximate surface area is 134 Å². The van der Waals surface area contributed by atoms with E-state index in [4.69, 9.17) is 14.2 Å². The fourth-order valence-corrected chi connectivity index (χ4v) is 2.01. The molecule has 0 spiro atoms. The molecule has 5 heteroatoms. The Morgan fingerprint density at radius 2 is 1.83 bits per heavy atom.